The molecular formula is C22H27NO2. The summed E-state index contributed by atoms with van der Waals surface area (Å²) < 4.78 is 11.1. The summed E-state index contributed by atoms with van der Waals surface area (Å²) in [4.78, 5) is 2.54. The zero-order chi connectivity index (χ0) is 17.4. The third-order valence-electron chi connectivity index (χ3n) is 6.23. The molecule has 0 amide bonds. The molecular weight excluding hydrogens is 310 g/mol. The van der Waals surface area contributed by atoms with Gasteiger partial charge in [-0.2, -0.15) is 0 Å². The van der Waals surface area contributed by atoms with Crippen LogP contribution in [-0.2, 0) is 11.8 Å². The highest BCUT2D eigenvalue weighted by Gasteiger charge is 2.49. The molecule has 1 atom stereocenters. The maximum absolute atomic E-state index is 5.61. The van der Waals surface area contributed by atoms with Gasteiger partial charge in [0.2, 0.25) is 0 Å². The predicted octanol–water partition coefficient (Wildman–Crippen LogP) is 4.35. The number of methoxy groups -OCH3 is 2. The van der Waals surface area contributed by atoms with Gasteiger partial charge in [0.25, 0.3) is 0 Å². The van der Waals surface area contributed by atoms with Gasteiger partial charge in [0.05, 0.1) is 14.2 Å². The standard InChI is InChI=1S/C22H27NO2/c1-23-13-10-16-14-19(24-2)20(25-3)15-18(16)21(23)22(11-7-12-22)17-8-5-4-6-9-17/h4-6,8-9,14-15,21H,7,10-13H2,1-3H3. The van der Waals surface area contributed by atoms with Gasteiger partial charge in [-0.05, 0) is 55.1 Å². The molecule has 0 bridgehead atoms. The highest BCUT2D eigenvalue weighted by Crippen LogP contribution is 2.56. The molecule has 2 aromatic rings. The normalized spacial score (nSPS) is 22.0. The molecule has 0 radical (unpaired) electrons. The van der Waals surface area contributed by atoms with E-state index in [1.807, 2.05) is 0 Å². The fourth-order valence-corrected chi connectivity index (χ4v) is 4.84. The van der Waals surface area contributed by atoms with Crippen molar-refractivity contribution in [3.63, 3.8) is 0 Å². The lowest BCUT2D eigenvalue weighted by Crippen LogP contribution is -2.49. The van der Waals surface area contributed by atoms with Crippen molar-refractivity contribution in [2.75, 3.05) is 27.8 Å². The largest absolute Gasteiger partial charge is 0.493 e. The van der Waals surface area contributed by atoms with Crippen LogP contribution in [0.5, 0.6) is 11.5 Å². The van der Waals surface area contributed by atoms with E-state index in [9.17, 15) is 0 Å². The van der Waals surface area contributed by atoms with Crippen molar-refractivity contribution >= 4 is 0 Å². The van der Waals surface area contributed by atoms with E-state index in [4.69, 9.17) is 9.47 Å². The van der Waals surface area contributed by atoms with Gasteiger partial charge < -0.3 is 9.47 Å². The van der Waals surface area contributed by atoms with E-state index in [-0.39, 0.29) is 5.41 Å². The zero-order valence-electron chi connectivity index (χ0n) is 15.4. The van der Waals surface area contributed by atoms with Gasteiger partial charge in [-0.1, -0.05) is 36.8 Å². The molecule has 3 nitrogen and oxygen atoms in total. The van der Waals surface area contributed by atoms with E-state index in [2.05, 4.69) is 54.4 Å². The quantitative estimate of drug-likeness (QED) is 0.828. The van der Waals surface area contributed by atoms with Crippen LogP contribution in [-0.4, -0.2) is 32.7 Å². The first-order chi connectivity index (χ1) is 12.2. The second-order valence-corrected chi connectivity index (χ2v) is 7.41. The molecule has 1 aliphatic heterocycles. The number of ether oxygens (including phenoxy) is 2. The van der Waals surface area contributed by atoms with E-state index in [1.54, 1.807) is 14.2 Å². The SMILES string of the molecule is COc1cc2c(cc1OC)C(C1(c3ccccc3)CCC1)N(C)CC2. The highest BCUT2D eigenvalue weighted by molar-refractivity contribution is 5.51. The molecule has 132 valence electrons. The summed E-state index contributed by atoms with van der Waals surface area (Å²) in [7, 11) is 5.71. The van der Waals surface area contributed by atoms with Crippen molar-refractivity contribution < 1.29 is 9.47 Å². The molecule has 1 unspecified atom stereocenters. The molecule has 0 aromatic heterocycles. The predicted molar refractivity (Wildman–Crippen MR) is 101 cm³/mol. The van der Waals surface area contributed by atoms with Crippen molar-refractivity contribution in [3.05, 3.63) is 59.2 Å². The maximum Gasteiger partial charge on any atom is 0.161 e. The summed E-state index contributed by atoms with van der Waals surface area (Å²) in [5, 5.41) is 0. The zero-order valence-corrected chi connectivity index (χ0v) is 15.4. The minimum absolute atomic E-state index is 0.213. The highest BCUT2D eigenvalue weighted by atomic mass is 16.5. The first kappa shape index (κ1) is 16.5. The van der Waals surface area contributed by atoms with E-state index in [0.717, 1.165) is 24.5 Å². The summed E-state index contributed by atoms with van der Waals surface area (Å²) in [6.07, 6.45) is 4.87. The van der Waals surface area contributed by atoms with Gasteiger partial charge in [0.1, 0.15) is 0 Å². The van der Waals surface area contributed by atoms with Crippen LogP contribution in [0.3, 0.4) is 0 Å². The first-order valence-corrected chi connectivity index (χ1v) is 9.20. The van der Waals surface area contributed by atoms with Gasteiger partial charge in [0, 0.05) is 18.0 Å². The number of hydrogen-bond donors (Lipinski definition) is 0. The monoisotopic (exact) mass is 337 g/mol. The molecule has 0 N–H and O–H groups in total. The Bertz CT molecular complexity index is 752. The van der Waals surface area contributed by atoms with Crippen LogP contribution in [0.2, 0.25) is 0 Å². The van der Waals surface area contributed by atoms with Gasteiger partial charge in [-0.25, -0.2) is 0 Å². The summed E-state index contributed by atoms with van der Waals surface area (Å²) >= 11 is 0. The van der Waals surface area contributed by atoms with E-state index >= 15 is 0 Å². The average molecular weight is 337 g/mol. The molecule has 1 aliphatic carbocycles. The van der Waals surface area contributed by atoms with Crippen LogP contribution in [0.25, 0.3) is 0 Å². The number of hydrogen-bond acceptors (Lipinski definition) is 3. The van der Waals surface area contributed by atoms with Crippen LogP contribution in [0.15, 0.2) is 42.5 Å². The lowest BCUT2D eigenvalue weighted by molar-refractivity contribution is 0.0715. The lowest BCUT2D eigenvalue weighted by Gasteiger charge is -2.53. The molecule has 1 heterocycles. The molecule has 1 fully saturated rings. The Hall–Kier alpha value is -2.00. The van der Waals surface area contributed by atoms with Gasteiger partial charge in [-0.15, -0.1) is 0 Å². The summed E-state index contributed by atoms with van der Waals surface area (Å²) in [6.45, 7) is 1.09. The Morgan fingerprint density at radius 3 is 2.28 bits per heavy atom. The molecule has 25 heavy (non-hydrogen) atoms. The van der Waals surface area contributed by atoms with E-state index in [1.165, 1.54) is 36.0 Å². The molecule has 3 heteroatoms. The number of likely N-dealkylation sites (N-methyl/N-ethyl adjacent to an activating group) is 1. The second-order valence-electron chi connectivity index (χ2n) is 7.41. The lowest BCUT2D eigenvalue weighted by atomic mass is 9.57. The Kier molecular flexibility index (Phi) is 4.20. The fraction of sp³-hybridized carbons (Fsp3) is 0.455. The smallest absolute Gasteiger partial charge is 0.161 e. The topological polar surface area (TPSA) is 21.7 Å². The van der Waals surface area contributed by atoms with E-state index in [0.29, 0.717) is 6.04 Å². The van der Waals surface area contributed by atoms with Crippen molar-refractivity contribution in [2.45, 2.75) is 37.1 Å². The number of nitrogens with zero attached hydrogens (tertiary/aromatic N) is 1. The fourth-order valence-electron chi connectivity index (χ4n) is 4.84. The minimum Gasteiger partial charge on any atom is -0.493 e. The van der Waals surface area contributed by atoms with Crippen molar-refractivity contribution in [1.82, 2.24) is 4.90 Å². The summed E-state index contributed by atoms with van der Waals surface area (Å²) in [5.41, 5.74) is 4.50. The van der Waals surface area contributed by atoms with Crippen molar-refractivity contribution in [3.8, 4) is 11.5 Å². The van der Waals surface area contributed by atoms with E-state index < -0.39 is 0 Å². The minimum atomic E-state index is 0.213. The van der Waals surface area contributed by atoms with Crippen molar-refractivity contribution in [2.24, 2.45) is 0 Å². The van der Waals surface area contributed by atoms with Crippen LogP contribution in [0.1, 0.15) is 42.0 Å². The van der Waals surface area contributed by atoms with Gasteiger partial charge in [0.15, 0.2) is 11.5 Å². The van der Waals surface area contributed by atoms with Crippen molar-refractivity contribution in [1.29, 1.82) is 0 Å². The Morgan fingerprint density at radius 1 is 1.00 bits per heavy atom. The number of rotatable bonds is 4. The summed E-state index contributed by atoms with van der Waals surface area (Å²) in [6, 6.07) is 15.9. The Morgan fingerprint density at radius 2 is 1.68 bits per heavy atom. The summed E-state index contributed by atoms with van der Waals surface area (Å²) in [5.74, 6) is 1.68. The molecule has 2 aromatic carbocycles. The number of fused-ring (bicyclic) bond motifs is 1. The third kappa shape index (κ3) is 2.53. The average Bonchev–Trinajstić information content (AvgIpc) is 2.62. The second kappa shape index (κ2) is 6.38. The molecule has 4 rings (SSSR count). The first-order valence-electron chi connectivity index (χ1n) is 9.20. The molecule has 1 saturated carbocycles. The van der Waals surface area contributed by atoms with Crippen LogP contribution in [0.4, 0.5) is 0 Å². The van der Waals surface area contributed by atoms with Gasteiger partial charge >= 0.3 is 0 Å². The third-order valence-corrected chi connectivity index (χ3v) is 6.23. The Balaban J connectivity index is 1.85. The molecule has 0 saturated heterocycles. The molecule has 2 aliphatic rings. The molecule has 0 spiro atoms. The van der Waals surface area contributed by atoms with Gasteiger partial charge in [-0.3, -0.25) is 4.90 Å². The number of benzene rings is 2. The maximum atomic E-state index is 5.61. The Labute approximate surface area is 150 Å². The van der Waals surface area contributed by atoms with Crippen LogP contribution in [0, 0.1) is 0 Å². The van der Waals surface area contributed by atoms with Crippen LogP contribution < -0.4 is 9.47 Å². The van der Waals surface area contributed by atoms with Crippen LogP contribution >= 0.6 is 0 Å².